The van der Waals surface area contributed by atoms with Gasteiger partial charge < -0.3 is 9.64 Å². The van der Waals surface area contributed by atoms with Gasteiger partial charge in [-0.1, -0.05) is 0 Å². The number of nitrogens with zero attached hydrogens (tertiary/aromatic N) is 1. The van der Waals surface area contributed by atoms with Gasteiger partial charge >= 0.3 is 5.97 Å². The van der Waals surface area contributed by atoms with Crippen molar-refractivity contribution >= 4 is 23.5 Å². The fourth-order valence-electron chi connectivity index (χ4n) is 0.839. The van der Waals surface area contributed by atoms with Gasteiger partial charge in [0.05, 0.1) is 7.11 Å². The second-order valence-corrected chi connectivity index (χ2v) is 3.09. The molecular formula is C8H14ClNO3. The predicted molar refractivity (Wildman–Crippen MR) is 49.6 cm³/mol. The van der Waals surface area contributed by atoms with Gasteiger partial charge in [-0.15, -0.1) is 11.6 Å². The lowest BCUT2D eigenvalue weighted by Crippen LogP contribution is -2.41. The number of amides is 1. The second kappa shape index (κ2) is 5.80. The maximum Gasteiger partial charge on any atom is 0.325 e. The van der Waals surface area contributed by atoms with Crippen LogP contribution in [0.5, 0.6) is 0 Å². The Balaban J connectivity index is 4.26. The fourth-order valence-corrected chi connectivity index (χ4v) is 0.993. The summed E-state index contributed by atoms with van der Waals surface area (Å²) in [7, 11) is 1.28. The molecule has 0 aliphatic rings. The highest BCUT2D eigenvalue weighted by atomic mass is 35.5. The van der Waals surface area contributed by atoms with Crippen molar-refractivity contribution < 1.29 is 14.3 Å². The highest BCUT2D eigenvalue weighted by Gasteiger charge is 2.19. The van der Waals surface area contributed by atoms with E-state index in [1.165, 1.54) is 12.0 Å². The van der Waals surface area contributed by atoms with Crippen LogP contribution in [0.4, 0.5) is 0 Å². The third-order valence-corrected chi connectivity index (χ3v) is 1.81. The maximum atomic E-state index is 11.2. The van der Waals surface area contributed by atoms with Gasteiger partial charge in [0.15, 0.2) is 0 Å². The van der Waals surface area contributed by atoms with Crippen molar-refractivity contribution in [3.05, 3.63) is 0 Å². The normalized spacial score (nSPS) is 9.92. The Hall–Kier alpha value is -0.770. The molecule has 1 amide bonds. The van der Waals surface area contributed by atoms with E-state index in [-0.39, 0.29) is 24.4 Å². The van der Waals surface area contributed by atoms with Gasteiger partial charge in [-0.25, -0.2) is 0 Å². The molecule has 0 aliphatic heterocycles. The zero-order valence-electron chi connectivity index (χ0n) is 8.04. The molecule has 5 heteroatoms. The summed E-state index contributed by atoms with van der Waals surface area (Å²) in [5.74, 6) is -0.816. The van der Waals surface area contributed by atoms with Crippen LogP contribution in [-0.2, 0) is 14.3 Å². The van der Waals surface area contributed by atoms with E-state index < -0.39 is 5.97 Å². The molecule has 13 heavy (non-hydrogen) atoms. The van der Waals surface area contributed by atoms with Crippen LogP contribution in [0, 0.1) is 0 Å². The minimum absolute atomic E-state index is 0.0419. The molecule has 0 spiro atoms. The highest BCUT2D eigenvalue weighted by Crippen LogP contribution is 2.00. The summed E-state index contributed by atoms with van der Waals surface area (Å²) in [4.78, 5) is 23.5. The maximum absolute atomic E-state index is 11.2. The zero-order valence-corrected chi connectivity index (χ0v) is 8.80. The number of hydrogen-bond donors (Lipinski definition) is 0. The molecule has 0 saturated heterocycles. The monoisotopic (exact) mass is 207 g/mol. The molecule has 0 aromatic carbocycles. The van der Waals surface area contributed by atoms with Gasteiger partial charge in [0.25, 0.3) is 0 Å². The molecule has 0 saturated carbocycles. The summed E-state index contributed by atoms with van der Waals surface area (Å²) < 4.78 is 4.45. The minimum atomic E-state index is -0.438. The molecule has 0 rings (SSSR count). The first kappa shape index (κ1) is 12.2. The number of carbonyl (C=O) groups excluding carboxylic acids is 2. The van der Waals surface area contributed by atoms with E-state index in [4.69, 9.17) is 11.6 Å². The number of alkyl halides is 1. The largest absolute Gasteiger partial charge is 0.468 e. The van der Waals surface area contributed by atoms with E-state index in [9.17, 15) is 9.59 Å². The van der Waals surface area contributed by atoms with Crippen LogP contribution in [0.3, 0.4) is 0 Å². The van der Waals surface area contributed by atoms with Crippen molar-refractivity contribution in [1.29, 1.82) is 0 Å². The van der Waals surface area contributed by atoms with E-state index in [0.29, 0.717) is 0 Å². The SMILES string of the molecule is COC(=O)CN(C(=O)CCl)C(C)C. The van der Waals surface area contributed by atoms with E-state index >= 15 is 0 Å². The van der Waals surface area contributed by atoms with Crippen molar-refractivity contribution in [3.8, 4) is 0 Å². The number of hydrogen-bond acceptors (Lipinski definition) is 3. The van der Waals surface area contributed by atoms with Crippen molar-refractivity contribution in [1.82, 2.24) is 4.90 Å². The zero-order chi connectivity index (χ0) is 10.4. The van der Waals surface area contributed by atoms with Gasteiger partial charge in [0.1, 0.15) is 12.4 Å². The molecule has 0 heterocycles. The number of ether oxygens (including phenoxy) is 1. The Morgan fingerprint density at radius 3 is 2.31 bits per heavy atom. The minimum Gasteiger partial charge on any atom is -0.468 e. The van der Waals surface area contributed by atoms with Crippen LogP contribution in [0.25, 0.3) is 0 Å². The molecule has 0 unspecified atom stereocenters. The fraction of sp³-hybridized carbons (Fsp3) is 0.750. The van der Waals surface area contributed by atoms with E-state index in [1.54, 1.807) is 0 Å². The number of esters is 1. The third-order valence-electron chi connectivity index (χ3n) is 1.59. The summed E-state index contributed by atoms with van der Waals surface area (Å²) in [6, 6.07) is -0.0506. The third kappa shape index (κ3) is 4.12. The Labute approximate surface area is 82.8 Å². The quantitative estimate of drug-likeness (QED) is 0.502. The molecule has 0 fully saturated rings. The molecule has 0 aromatic rings. The predicted octanol–water partition coefficient (Wildman–Crippen LogP) is 0.635. The summed E-state index contributed by atoms with van der Waals surface area (Å²) in [6.07, 6.45) is 0. The van der Waals surface area contributed by atoms with Gasteiger partial charge in [-0.05, 0) is 13.8 Å². The molecule has 0 aromatic heterocycles. The van der Waals surface area contributed by atoms with E-state index in [1.807, 2.05) is 13.8 Å². The number of halogens is 1. The summed E-state index contributed by atoms with van der Waals surface area (Å²) >= 11 is 5.37. The van der Waals surface area contributed by atoms with Crippen LogP contribution in [-0.4, -0.2) is 42.4 Å². The molecule has 76 valence electrons. The smallest absolute Gasteiger partial charge is 0.325 e. The van der Waals surface area contributed by atoms with Gasteiger partial charge in [0, 0.05) is 6.04 Å². The number of methoxy groups -OCH3 is 1. The van der Waals surface area contributed by atoms with Gasteiger partial charge in [0.2, 0.25) is 5.91 Å². The van der Waals surface area contributed by atoms with Crippen molar-refractivity contribution in [2.45, 2.75) is 19.9 Å². The van der Waals surface area contributed by atoms with Crippen LogP contribution < -0.4 is 0 Å². The summed E-state index contributed by atoms with van der Waals surface area (Å²) in [6.45, 7) is 3.58. The lowest BCUT2D eigenvalue weighted by Gasteiger charge is -2.24. The first-order chi connectivity index (χ1) is 6.02. The standard InChI is InChI=1S/C8H14ClNO3/c1-6(2)10(7(11)4-9)5-8(12)13-3/h6H,4-5H2,1-3H3. The molecule has 0 bridgehead atoms. The highest BCUT2D eigenvalue weighted by molar-refractivity contribution is 6.27. The van der Waals surface area contributed by atoms with Crippen molar-refractivity contribution in [3.63, 3.8) is 0 Å². The van der Waals surface area contributed by atoms with Gasteiger partial charge in [-0.3, -0.25) is 9.59 Å². The molecule has 0 aliphatic carbocycles. The number of carbonyl (C=O) groups is 2. The lowest BCUT2D eigenvalue weighted by atomic mass is 10.3. The second-order valence-electron chi connectivity index (χ2n) is 2.83. The number of rotatable bonds is 4. The van der Waals surface area contributed by atoms with E-state index in [2.05, 4.69) is 4.74 Å². The van der Waals surface area contributed by atoms with Crippen LogP contribution in [0.2, 0.25) is 0 Å². The Kier molecular flexibility index (Phi) is 5.46. The first-order valence-corrected chi connectivity index (χ1v) is 4.48. The molecule has 4 nitrogen and oxygen atoms in total. The topological polar surface area (TPSA) is 46.6 Å². The van der Waals surface area contributed by atoms with Crippen molar-refractivity contribution in [2.75, 3.05) is 19.5 Å². The molecule has 0 atom stereocenters. The average molecular weight is 208 g/mol. The first-order valence-electron chi connectivity index (χ1n) is 3.95. The van der Waals surface area contributed by atoms with Crippen LogP contribution in [0.1, 0.15) is 13.8 Å². The Bertz CT molecular complexity index is 194. The lowest BCUT2D eigenvalue weighted by molar-refractivity contribution is -0.147. The van der Waals surface area contributed by atoms with Crippen LogP contribution in [0.15, 0.2) is 0 Å². The average Bonchev–Trinajstić information content (AvgIpc) is 2.11. The Morgan fingerprint density at radius 1 is 1.46 bits per heavy atom. The Morgan fingerprint density at radius 2 is 2.00 bits per heavy atom. The summed E-state index contributed by atoms with van der Waals surface area (Å²) in [5, 5.41) is 0. The van der Waals surface area contributed by atoms with Crippen LogP contribution >= 0.6 is 11.6 Å². The molecule has 0 N–H and O–H groups in total. The van der Waals surface area contributed by atoms with Crippen molar-refractivity contribution in [2.24, 2.45) is 0 Å². The molecular weight excluding hydrogens is 194 g/mol. The van der Waals surface area contributed by atoms with E-state index in [0.717, 1.165) is 0 Å². The summed E-state index contributed by atoms with van der Waals surface area (Å²) in [5.41, 5.74) is 0. The molecule has 0 radical (unpaired) electrons. The van der Waals surface area contributed by atoms with Gasteiger partial charge in [-0.2, -0.15) is 0 Å².